The largest absolute Gasteiger partial charge is 0.469 e. The fraction of sp³-hybridized carbons (Fsp3) is 0.462. The standard InChI is InChI=1S/C13H15FO2/c1-8-4-3-5-10(14)11(8)12(9-6-7-9)13(15)16-2/h3-5,9,12H,6-7H2,1-2H3. The van der Waals surface area contributed by atoms with Gasteiger partial charge in [-0.05, 0) is 37.3 Å². The molecule has 0 radical (unpaired) electrons. The van der Waals surface area contributed by atoms with Gasteiger partial charge in [-0.15, -0.1) is 0 Å². The summed E-state index contributed by atoms with van der Waals surface area (Å²) in [6.45, 7) is 1.83. The molecule has 1 fully saturated rings. The summed E-state index contributed by atoms with van der Waals surface area (Å²) in [6, 6.07) is 4.90. The van der Waals surface area contributed by atoms with Crippen LogP contribution in [0.3, 0.4) is 0 Å². The lowest BCUT2D eigenvalue weighted by atomic mass is 9.90. The van der Waals surface area contributed by atoms with E-state index in [1.807, 2.05) is 13.0 Å². The molecule has 0 aromatic heterocycles. The zero-order valence-electron chi connectivity index (χ0n) is 9.50. The molecule has 1 unspecified atom stereocenters. The molecule has 3 heteroatoms. The van der Waals surface area contributed by atoms with Crippen LogP contribution in [0.1, 0.15) is 29.9 Å². The van der Waals surface area contributed by atoms with Crippen LogP contribution in [-0.4, -0.2) is 13.1 Å². The van der Waals surface area contributed by atoms with Gasteiger partial charge in [-0.1, -0.05) is 12.1 Å². The van der Waals surface area contributed by atoms with Crippen molar-refractivity contribution in [1.29, 1.82) is 0 Å². The Hall–Kier alpha value is -1.38. The van der Waals surface area contributed by atoms with E-state index in [9.17, 15) is 9.18 Å². The van der Waals surface area contributed by atoms with Gasteiger partial charge in [-0.25, -0.2) is 4.39 Å². The summed E-state index contributed by atoms with van der Waals surface area (Å²) < 4.78 is 18.6. The number of rotatable bonds is 3. The van der Waals surface area contributed by atoms with Crippen molar-refractivity contribution in [2.75, 3.05) is 7.11 Å². The highest BCUT2D eigenvalue weighted by molar-refractivity contribution is 5.79. The molecular formula is C13H15FO2. The SMILES string of the molecule is COC(=O)C(c1c(C)cccc1F)C1CC1. The fourth-order valence-electron chi connectivity index (χ4n) is 2.14. The second-order valence-corrected chi connectivity index (χ2v) is 4.31. The Morgan fingerprint density at radius 3 is 2.69 bits per heavy atom. The third kappa shape index (κ3) is 1.94. The highest BCUT2D eigenvalue weighted by Crippen LogP contribution is 2.44. The van der Waals surface area contributed by atoms with Crippen LogP contribution in [0.15, 0.2) is 18.2 Å². The maximum atomic E-state index is 13.8. The molecule has 1 aliphatic carbocycles. The minimum atomic E-state index is -0.425. The van der Waals surface area contributed by atoms with Crippen molar-refractivity contribution in [3.63, 3.8) is 0 Å². The van der Waals surface area contributed by atoms with Crippen LogP contribution < -0.4 is 0 Å². The first kappa shape index (κ1) is 11.1. The summed E-state index contributed by atoms with van der Waals surface area (Å²) in [7, 11) is 1.36. The Morgan fingerprint density at radius 2 is 2.19 bits per heavy atom. The topological polar surface area (TPSA) is 26.3 Å². The van der Waals surface area contributed by atoms with Gasteiger partial charge in [0.05, 0.1) is 13.0 Å². The first-order valence-electron chi connectivity index (χ1n) is 5.48. The summed E-state index contributed by atoms with van der Waals surface area (Å²) >= 11 is 0. The average molecular weight is 222 g/mol. The minimum Gasteiger partial charge on any atom is -0.469 e. The zero-order valence-corrected chi connectivity index (χ0v) is 9.50. The fourth-order valence-corrected chi connectivity index (χ4v) is 2.14. The quantitative estimate of drug-likeness (QED) is 0.735. The Bertz CT molecular complexity index is 390. The number of halogens is 1. The van der Waals surface area contributed by atoms with E-state index in [1.165, 1.54) is 13.2 Å². The van der Waals surface area contributed by atoms with E-state index >= 15 is 0 Å². The van der Waals surface area contributed by atoms with Crippen LogP contribution in [0.4, 0.5) is 4.39 Å². The van der Waals surface area contributed by atoms with Crippen molar-refractivity contribution < 1.29 is 13.9 Å². The molecule has 1 aliphatic rings. The average Bonchev–Trinajstić information content (AvgIpc) is 3.06. The summed E-state index contributed by atoms with van der Waals surface area (Å²) in [5.74, 6) is -0.799. The van der Waals surface area contributed by atoms with E-state index in [4.69, 9.17) is 4.74 Å². The van der Waals surface area contributed by atoms with Crippen LogP contribution in [0.5, 0.6) is 0 Å². The lowest BCUT2D eigenvalue weighted by Crippen LogP contribution is -2.18. The van der Waals surface area contributed by atoms with E-state index < -0.39 is 5.92 Å². The third-order valence-electron chi connectivity index (χ3n) is 3.13. The van der Waals surface area contributed by atoms with Crippen LogP contribution >= 0.6 is 0 Å². The van der Waals surface area contributed by atoms with Gasteiger partial charge in [0, 0.05) is 5.56 Å². The number of carbonyl (C=O) groups excluding carboxylic acids is 1. The summed E-state index contributed by atoms with van der Waals surface area (Å²) in [5.41, 5.74) is 1.33. The molecule has 16 heavy (non-hydrogen) atoms. The van der Waals surface area contributed by atoms with Gasteiger partial charge < -0.3 is 4.74 Å². The van der Waals surface area contributed by atoms with Gasteiger partial charge in [0.25, 0.3) is 0 Å². The predicted molar refractivity (Wildman–Crippen MR) is 58.6 cm³/mol. The normalized spacial score (nSPS) is 16.9. The Labute approximate surface area is 94.4 Å². The number of esters is 1. The highest BCUT2D eigenvalue weighted by atomic mass is 19.1. The summed E-state index contributed by atoms with van der Waals surface area (Å²) in [5, 5.41) is 0. The molecule has 0 spiro atoms. The van der Waals surface area contributed by atoms with Gasteiger partial charge in [0.15, 0.2) is 0 Å². The molecule has 86 valence electrons. The van der Waals surface area contributed by atoms with E-state index in [0.29, 0.717) is 5.56 Å². The second-order valence-electron chi connectivity index (χ2n) is 4.31. The van der Waals surface area contributed by atoms with Crippen molar-refractivity contribution in [2.24, 2.45) is 5.92 Å². The Balaban J connectivity index is 2.42. The predicted octanol–water partition coefficient (Wildman–Crippen LogP) is 2.80. The Morgan fingerprint density at radius 1 is 1.50 bits per heavy atom. The number of ether oxygens (including phenoxy) is 1. The molecule has 0 amide bonds. The van der Waals surface area contributed by atoms with Crippen molar-refractivity contribution in [1.82, 2.24) is 0 Å². The van der Waals surface area contributed by atoms with Gasteiger partial charge in [-0.2, -0.15) is 0 Å². The summed E-state index contributed by atoms with van der Waals surface area (Å²) in [4.78, 5) is 11.7. The Kier molecular flexibility index (Phi) is 2.95. The lowest BCUT2D eigenvalue weighted by molar-refractivity contribution is -0.143. The monoisotopic (exact) mass is 222 g/mol. The minimum absolute atomic E-state index is 0.253. The smallest absolute Gasteiger partial charge is 0.313 e. The van der Waals surface area contributed by atoms with E-state index in [2.05, 4.69) is 0 Å². The maximum absolute atomic E-state index is 13.8. The molecule has 1 aromatic rings. The zero-order chi connectivity index (χ0) is 11.7. The van der Waals surface area contributed by atoms with Crippen LogP contribution in [0, 0.1) is 18.7 Å². The van der Waals surface area contributed by atoms with E-state index in [1.54, 1.807) is 6.07 Å². The number of hydrogen-bond acceptors (Lipinski definition) is 2. The number of benzene rings is 1. The molecule has 0 saturated heterocycles. The highest BCUT2D eigenvalue weighted by Gasteiger charge is 2.40. The molecule has 1 saturated carbocycles. The van der Waals surface area contributed by atoms with Crippen molar-refractivity contribution in [3.8, 4) is 0 Å². The molecule has 0 heterocycles. The molecule has 2 rings (SSSR count). The number of carbonyl (C=O) groups is 1. The molecule has 1 atom stereocenters. The maximum Gasteiger partial charge on any atom is 0.313 e. The summed E-state index contributed by atoms with van der Waals surface area (Å²) in [6.07, 6.45) is 1.96. The number of aryl methyl sites for hydroxylation is 1. The number of hydrogen-bond donors (Lipinski definition) is 0. The van der Waals surface area contributed by atoms with Gasteiger partial charge in [0.2, 0.25) is 0 Å². The van der Waals surface area contributed by atoms with E-state index in [-0.39, 0.29) is 17.7 Å². The van der Waals surface area contributed by atoms with Crippen LogP contribution in [0.25, 0.3) is 0 Å². The van der Waals surface area contributed by atoms with Crippen molar-refractivity contribution in [2.45, 2.75) is 25.7 Å². The molecule has 0 bridgehead atoms. The van der Waals surface area contributed by atoms with E-state index in [0.717, 1.165) is 18.4 Å². The first-order chi connectivity index (χ1) is 7.65. The molecule has 1 aromatic carbocycles. The molecule has 2 nitrogen and oxygen atoms in total. The van der Waals surface area contributed by atoms with Gasteiger partial charge >= 0.3 is 5.97 Å². The van der Waals surface area contributed by atoms with Crippen LogP contribution in [-0.2, 0) is 9.53 Å². The lowest BCUT2D eigenvalue weighted by Gasteiger charge is -2.17. The van der Waals surface area contributed by atoms with Crippen molar-refractivity contribution >= 4 is 5.97 Å². The van der Waals surface area contributed by atoms with Gasteiger partial charge in [0.1, 0.15) is 5.82 Å². The second kappa shape index (κ2) is 4.24. The molecular weight excluding hydrogens is 207 g/mol. The van der Waals surface area contributed by atoms with Gasteiger partial charge in [-0.3, -0.25) is 4.79 Å². The molecule has 0 aliphatic heterocycles. The number of methoxy groups -OCH3 is 1. The van der Waals surface area contributed by atoms with Crippen LogP contribution in [0.2, 0.25) is 0 Å². The third-order valence-corrected chi connectivity index (χ3v) is 3.13. The molecule has 0 N–H and O–H groups in total. The van der Waals surface area contributed by atoms with Crippen molar-refractivity contribution in [3.05, 3.63) is 35.1 Å². The first-order valence-corrected chi connectivity index (χ1v) is 5.48.